The molecule has 0 unspecified atom stereocenters. The van der Waals surface area contributed by atoms with Gasteiger partial charge < -0.3 is 0 Å². The highest BCUT2D eigenvalue weighted by molar-refractivity contribution is 9.10. The Morgan fingerprint density at radius 3 is 2.52 bits per heavy atom. The Hall–Kier alpha value is -1.73. The van der Waals surface area contributed by atoms with Crippen molar-refractivity contribution in [3.05, 3.63) is 58.2 Å². The maximum absolute atomic E-state index is 12.0. The van der Waals surface area contributed by atoms with Gasteiger partial charge in [-0.1, -0.05) is 28.1 Å². The van der Waals surface area contributed by atoms with Crippen LogP contribution < -0.4 is 4.72 Å². The first-order valence-electron chi connectivity index (χ1n) is 6.09. The summed E-state index contributed by atoms with van der Waals surface area (Å²) in [6.45, 7) is 1.75. The number of nitrogens with zero attached hydrogens (tertiary/aromatic N) is 1. The molecule has 1 heterocycles. The van der Waals surface area contributed by atoms with Gasteiger partial charge in [0.25, 0.3) is 10.0 Å². The van der Waals surface area contributed by atoms with E-state index in [-0.39, 0.29) is 11.4 Å². The topological polar surface area (TPSA) is 76.1 Å². The van der Waals surface area contributed by atoms with Crippen molar-refractivity contribution in [2.45, 2.75) is 18.4 Å². The number of sulfonamides is 1. The normalized spacial score (nSPS) is 11.1. The lowest BCUT2D eigenvalue weighted by atomic mass is 10.1. The molecule has 2 rings (SSSR count). The first-order chi connectivity index (χ1) is 9.87. The van der Waals surface area contributed by atoms with Gasteiger partial charge in [-0.05, 0) is 42.3 Å². The van der Waals surface area contributed by atoms with Crippen LogP contribution in [0, 0.1) is 6.92 Å². The molecular formula is C14H13BrN2O3S. The number of carbonyl (C=O) groups is 1. The van der Waals surface area contributed by atoms with Crippen molar-refractivity contribution in [2.75, 3.05) is 0 Å². The largest absolute Gasteiger partial charge is 0.281 e. The van der Waals surface area contributed by atoms with Gasteiger partial charge in [0.2, 0.25) is 5.91 Å². The zero-order valence-electron chi connectivity index (χ0n) is 11.2. The molecule has 2 aromatic rings. The van der Waals surface area contributed by atoms with Gasteiger partial charge >= 0.3 is 0 Å². The molecule has 0 atom stereocenters. The number of rotatable bonds is 4. The van der Waals surface area contributed by atoms with Crippen molar-refractivity contribution in [3.8, 4) is 0 Å². The van der Waals surface area contributed by atoms with Crippen LogP contribution in [0.5, 0.6) is 0 Å². The zero-order chi connectivity index (χ0) is 15.5. The molecule has 0 aliphatic carbocycles. The van der Waals surface area contributed by atoms with E-state index in [9.17, 15) is 13.2 Å². The molecule has 0 saturated carbocycles. The number of aromatic nitrogens is 1. The number of carbonyl (C=O) groups excluding carboxylic acids is 1. The van der Waals surface area contributed by atoms with Gasteiger partial charge in [0.05, 0.1) is 6.42 Å². The van der Waals surface area contributed by atoms with E-state index in [1.165, 1.54) is 12.3 Å². The van der Waals surface area contributed by atoms with E-state index in [2.05, 4.69) is 20.9 Å². The van der Waals surface area contributed by atoms with Crippen LogP contribution in [0.2, 0.25) is 0 Å². The highest BCUT2D eigenvalue weighted by atomic mass is 79.9. The van der Waals surface area contributed by atoms with E-state index >= 15 is 0 Å². The van der Waals surface area contributed by atoms with Crippen LogP contribution >= 0.6 is 15.9 Å². The molecule has 0 fully saturated rings. The Morgan fingerprint density at radius 2 is 1.90 bits per heavy atom. The minimum atomic E-state index is -3.93. The van der Waals surface area contributed by atoms with Crippen LogP contribution in [0.3, 0.4) is 0 Å². The molecule has 0 aliphatic rings. The molecule has 7 heteroatoms. The second-order valence-corrected chi connectivity index (χ2v) is 7.05. The lowest BCUT2D eigenvalue weighted by Crippen LogP contribution is -2.32. The standard InChI is InChI=1S/C14H13BrN2O3S/c1-10-6-7-16-14(8-10)21(19,20)17-13(18)9-11-2-4-12(15)5-3-11/h2-8H,9H2,1H3,(H,17,18). The number of aryl methyl sites for hydroxylation is 1. The van der Waals surface area contributed by atoms with Gasteiger partial charge in [0.1, 0.15) is 0 Å². The molecule has 21 heavy (non-hydrogen) atoms. The van der Waals surface area contributed by atoms with Crippen LogP contribution in [0.15, 0.2) is 52.1 Å². The molecule has 5 nitrogen and oxygen atoms in total. The molecule has 0 bridgehead atoms. The predicted octanol–water partition coefficient (Wildman–Crippen LogP) is 2.20. The number of hydrogen-bond donors (Lipinski definition) is 1. The second kappa shape index (κ2) is 6.36. The molecular weight excluding hydrogens is 356 g/mol. The number of hydrogen-bond acceptors (Lipinski definition) is 4. The number of amides is 1. The van der Waals surface area contributed by atoms with Crippen LogP contribution in [0.25, 0.3) is 0 Å². The van der Waals surface area contributed by atoms with Gasteiger partial charge in [-0.15, -0.1) is 0 Å². The molecule has 1 N–H and O–H groups in total. The summed E-state index contributed by atoms with van der Waals surface area (Å²) in [7, 11) is -3.93. The van der Waals surface area contributed by atoms with Gasteiger partial charge in [-0.25, -0.2) is 9.71 Å². The van der Waals surface area contributed by atoms with E-state index < -0.39 is 15.9 Å². The van der Waals surface area contributed by atoms with Crippen molar-refractivity contribution in [1.82, 2.24) is 9.71 Å². The molecule has 1 aromatic carbocycles. The van der Waals surface area contributed by atoms with Crippen molar-refractivity contribution < 1.29 is 13.2 Å². The van der Waals surface area contributed by atoms with Gasteiger partial charge in [-0.3, -0.25) is 4.79 Å². The highest BCUT2D eigenvalue weighted by Gasteiger charge is 2.19. The zero-order valence-corrected chi connectivity index (χ0v) is 13.6. The van der Waals surface area contributed by atoms with Crippen LogP contribution in [0.4, 0.5) is 0 Å². The van der Waals surface area contributed by atoms with Gasteiger partial charge in [0.15, 0.2) is 5.03 Å². The SMILES string of the molecule is Cc1ccnc(S(=O)(=O)NC(=O)Cc2ccc(Br)cc2)c1. The summed E-state index contributed by atoms with van der Waals surface area (Å²) < 4.78 is 27.0. The van der Waals surface area contributed by atoms with E-state index in [0.717, 1.165) is 15.6 Å². The van der Waals surface area contributed by atoms with E-state index in [1.54, 1.807) is 37.3 Å². The van der Waals surface area contributed by atoms with Crippen LogP contribution in [-0.2, 0) is 21.2 Å². The van der Waals surface area contributed by atoms with Gasteiger partial charge in [0, 0.05) is 10.7 Å². The molecule has 0 spiro atoms. The van der Waals surface area contributed by atoms with Crippen molar-refractivity contribution in [1.29, 1.82) is 0 Å². The maximum Gasteiger partial charge on any atom is 0.281 e. The fourth-order valence-corrected chi connectivity index (χ4v) is 2.96. The Balaban J connectivity index is 2.09. The fourth-order valence-electron chi connectivity index (χ4n) is 1.68. The summed E-state index contributed by atoms with van der Waals surface area (Å²) in [4.78, 5) is 15.6. The summed E-state index contributed by atoms with van der Waals surface area (Å²) in [5.41, 5.74) is 1.48. The summed E-state index contributed by atoms with van der Waals surface area (Å²) in [5.74, 6) is -0.597. The summed E-state index contributed by atoms with van der Waals surface area (Å²) in [6.07, 6.45) is 1.38. The second-order valence-electron chi connectivity index (χ2n) is 4.50. The number of benzene rings is 1. The third-order valence-corrected chi connectivity index (χ3v) is 4.49. The molecule has 0 radical (unpaired) electrons. The van der Waals surface area contributed by atoms with Crippen molar-refractivity contribution >= 4 is 31.9 Å². The Bertz CT molecular complexity index is 758. The summed E-state index contributed by atoms with van der Waals surface area (Å²) in [5, 5.41) is -0.161. The number of pyridine rings is 1. The van der Waals surface area contributed by atoms with Crippen molar-refractivity contribution in [2.24, 2.45) is 0 Å². The van der Waals surface area contributed by atoms with Gasteiger partial charge in [-0.2, -0.15) is 8.42 Å². The quantitative estimate of drug-likeness (QED) is 0.897. The Kier molecular flexibility index (Phi) is 4.74. The maximum atomic E-state index is 12.0. The van der Waals surface area contributed by atoms with E-state index in [4.69, 9.17) is 0 Å². The molecule has 1 amide bonds. The molecule has 0 saturated heterocycles. The monoisotopic (exact) mass is 368 g/mol. The molecule has 1 aromatic heterocycles. The fraction of sp³-hybridized carbons (Fsp3) is 0.143. The average Bonchev–Trinajstić information content (AvgIpc) is 2.41. The Labute approximate surface area is 131 Å². The molecule has 110 valence electrons. The summed E-state index contributed by atoms with van der Waals surface area (Å²) >= 11 is 3.29. The first kappa shape index (κ1) is 15.7. The van der Waals surface area contributed by atoms with E-state index in [1.807, 2.05) is 4.72 Å². The Morgan fingerprint density at radius 1 is 1.24 bits per heavy atom. The smallest absolute Gasteiger partial charge is 0.274 e. The van der Waals surface area contributed by atoms with Crippen LogP contribution in [-0.4, -0.2) is 19.3 Å². The lowest BCUT2D eigenvalue weighted by molar-refractivity contribution is -0.118. The minimum absolute atomic E-state index is 0.0155. The average molecular weight is 369 g/mol. The van der Waals surface area contributed by atoms with Crippen molar-refractivity contribution in [3.63, 3.8) is 0 Å². The van der Waals surface area contributed by atoms with Crippen LogP contribution in [0.1, 0.15) is 11.1 Å². The third kappa shape index (κ3) is 4.37. The minimum Gasteiger partial charge on any atom is -0.274 e. The molecule has 0 aliphatic heterocycles. The first-order valence-corrected chi connectivity index (χ1v) is 8.37. The number of nitrogens with one attached hydrogen (secondary N) is 1. The number of halogens is 1. The summed E-state index contributed by atoms with van der Waals surface area (Å²) in [6, 6.07) is 10.2. The lowest BCUT2D eigenvalue weighted by Gasteiger charge is -2.07. The van der Waals surface area contributed by atoms with E-state index in [0.29, 0.717) is 0 Å². The predicted molar refractivity (Wildman–Crippen MR) is 82.1 cm³/mol. The highest BCUT2D eigenvalue weighted by Crippen LogP contribution is 2.11. The third-order valence-electron chi connectivity index (χ3n) is 2.69.